The molecule has 1 aromatic rings. The van der Waals surface area contributed by atoms with E-state index in [1.54, 1.807) is 12.1 Å². The van der Waals surface area contributed by atoms with Gasteiger partial charge in [-0.25, -0.2) is 4.39 Å². The number of rotatable bonds is 2. The Kier molecular flexibility index (Phi) is 12.9. The normalized spacial score (nSPS) is 13.2. The first kappa shape index (κ1) is 20.2. The minimum absolute atomic E-state index is 0.224. The molecule has 1 aliphatic carbocycles. The van der Waals surface area contributed by atoms with E-state index in [0.717, 1.165) is 17.9 Å². The molecule has 0 heterocycles. The zero-order valence-electron chi connectivity index (χ0n) is 13.7. The van der Waals surface area contributed by atoms with Crippen molar-refractivity contribution in [3.8, 4) is 17.9 Å². The molecule has 0 spiro atoms. The van der Waals surface area contributed by atoms with Gasteiger partial charge in [0.2, 0.25) is 0 Å². The third-order valence-corrected chi connectivity index (χ3v) is 3.48. The molecular weight excluding hydrogens is 275 g/mol. The highest BCUT2D eigenvalue weighted by Crippen LogP contribution is 2.25. The molecule has 1 aromatic carbocycles. The fourth-order valence-corrected chi connectivity index (χ4v) is 2.18. The van der Waals surface area contributed by atoms with E-state index in [1.165, 1.54) is 44.2 Å². The van der Waals surface area contributed by atoms with Gasteiger partial charge in [-0.3, -0.25) is 0 Å². The Hall–Kier alpha value is -1.84. The highest BCUT2D eigenvalue weighted by atomic mass is 19.1. The lowest BCUT2D eigenvalue weighted by atomic mass is 9.87. The van der Waals surface area contributed by atoms with Crippen molar-refractivity contribution in [2.75, 3.05) is 0 Å². The van der Waals surface area contributed by atoms with Crippen molar-refractivity contribution in [1.82, 2.24) is 0 Å². The standard InChI is InChI=1S/C8H13N.C7H8FN.C4H6/c9-7-6-8-4-2-1-3-5-8;8-7-3-1-2-6(4-7)5-9;1-3-4-2/h8H,1-6H2;1-4H,5,9H2;1-2H3. The minimum Gasteiger partial charge on any atom is -0.326 e. The van der Waals surface area contributed by atoms with E-state index < -0.39 is 0 Å². The second kappa shape index (κ2) is 14.1. The predicted molar refractivity (Wildman–Crippen MR) is 90.2 cm³/mol. The second-order valence-corrected chi connectivity index (χ2v) is 5.20. The third kappa shape index (κ3) is 10.9. The molecule has 2 N–H and O–H groups in total. The van der Waals surface area contributed by atoms with Crippen LogP contribution in [0.5, 0.6) is 0 Å². The van der Waals surface area contributed by atoms with Crippen molar-refractivity contribution < 1.29 is 4.39 Å². The molecule has 0 bridgehead atoms. The van der Waals surface area contributed by atoms with Crippen LogP contribution in [0.4, 0.5) is 4.39 Å². The first-order valence-corrected chi connectivity index (χ1v) is 7.82. The molecule has 2 nitrogen and oxygen atoms in total. The molecule has 0 atom stereocenters. The zero-order chi connectivity index (χ0) is 16.6. The van der Waals surface area contributed by atoms with E-state index in [4.69, 9.17) is 11.0 Å². The first-order chi connectivity index (χ1) is 10.7. The fraction of sp³-hybridized carbons (Fsp3) is 0.526. The maximum atomic E-state index is 12.3. The smallest absolute Gasteiger partial charge is 0.123 e. The molecule has 1 saturated carbocycles. The van der Waals surface area contributed by atoms with Crippen LogP contribution in [0.1, 0.15) is 57.9 Å². The number of hydrogen-bond acceptors (Lipinski definition) is 2. The SMILES string of the molecule is CC#CC.N#CCC1CCCCC1.NCc1cccc(F)c1. The van der Waals surface area contributed by atoms with Gasteiger partial charge in [0, 0.05) is 13.0 Å². The van der Waals surface area contributed by atoms with E-state index >= 15 is 0 Å². The minimum atomic E-state index is -0.224. The summed E-state index contributed by atoms with van der Waals surface area (Å²) in [6.07, 6.45) is 7.49. The van der Waals surface area contributed by atoms with Crippen molar-refractivity contribution in [2.45, 2.75) is 58.9 Å². The summed E-state index contributed by atoms with van der Waals surface area (Å²) in [5.41, 5.74) is 6.08. The molecule has 1 fully saturated rings. The van der Waals surface area contributed by atoms with Gasteiger partial charge < -0.3 is 5.73 Å². The van der Waals surface area contributed by atoms with Gasteiger partial charge in [-0.2, -0.15) is 5.26 Å². The molecule has 22 heavy (non-hydrogen) atoms. The van der Waals surface area contributed by atoms with Crippen LogP contribution < -0.4 is 5.73 Å². The van der Waals surface area contributed by atoms with Gasteiger partial charge in [0.25, 0.3) is 0 Å². The van der Waals surface area contributed by atoms with Crippen molar-refractivity contribution in [3.63, 3.8) is 0 Å². The topological polar surface area (TPSA) is 49.8 Å². The van der Waals surface area contributed by atoms with Gasteiger partial charge in [-0.1, -0.05) is 31.4 Å². The quantitative estimate of drug-likeness (QED) is 0.798. The summed E-state index contributed by atoms with van der Waals surface area (Å²) < 4.78 is 12.3. The van der Waals surface area contributed by atoms with Gasteiger partial charge in [-0.15, -0.1) is 11.8 Å². The second-order valence-electron chi connectivity index (χ2n) is 5.20. The Bertz CT molecular complexity index is 482. The van der Waals surface area contributed by atoms with Crippen LogP contribution in [0.2, 0.25) is 0 Å². The maximum absolute atomic E-state index is 12.3. The Morgan fingerprint density at radius 1 is 1.18 bits per heavy atom. The molecule has 0 aliphatic heterocycles. The molecule has 0 radical (unpaired) electrons. The Balaban J connectivity index is 0.000000326. The number of benzene rings is 1. The molecule has 120 valence electrons. The monoisotopic (exact) mass is 302 g/mol. The fourth-order valence-electron chi connectivity index (χ4n) is 2.18. The highest BCUT2D eigenvalue weighted by molar-refractivity contribution is 5.15. The number of hydrogen-bond donors (Lipinski definition) is 1. The van der Waals surface area contributed by atoms with Crippen LogP contribution >= 0.6 is 0 Å². The Morgan fingerprint density at radius 3 is 2.23 bits per heavy atom. The van der Waals surface area contributed by atoms with E-state index in [9.17, 15) is 4.39 Å². The van der Waals surface area contributed by atoms with Crippen molar-refractivity contribution in [1.29, 1.82) is 5.26 Å². The lowest BCUT2D eigenvalue weighted by Crippen LogP contribution is -2.04. The first-order valence-electron chi connectivity index (χ1n) is 7.82. The van der Waals surface area contributed by atoms with E-state index in [1.807, 2.05) is 13.8 Å². The van der Waals surface area contributed by atoms with Crippen LogP contribution in [-0.4, -0.2) is 0 Å². The van der Waals surface area contributed by atoms with Crippen LogP contribution in [0.25, 0.3) is 0 Å². The zero-order valence-corrected chi connectivity index (χ0v) is 13.7. The lowest BCUT2D eigenvalue weighted by molar-refractivity contribution is 0.364. The average Bonchev–Trinajstić information content (AvgIpc) is 2.57. The largest absolute Gasteiger partial charge is 0.326 e. The van der Waals surface area contributed by atoms with Crippen LogP contribution in [0.15, 0.2) is 24.3 Å². The summed E-state index contributed by atoms with van der Waals surface area (Å²) in [5.74, 6) is 5.88. The van der Waals surface area contributed by atoms with E-state index in [2.05, 4.69) is 17.9 Å². The summed E-state index contributed by atoms with van der Waals surface area (Å²) in [5, 5.41) is 8.37. The van der Waals surface area contributed by atoms with Gasteiger partial charge in [0.15, 0.2) is 0 Å². The number of nitrogens with zero attached hydrogens (tertiary/aromatic N) is 1. The summed E-state index contributed by atoms with van der Waals surface area (Å²) in [6, 6.07) is 8.51. The van der Waals surface area contributed by atoms with Gasteiger partial charge in [0.05, 0.1) is 6.07 Å². The summed E-state index contributed by atoms with van der Waals surface area (Å²) >= 11 is 0. The lowest BCUT2D eigenvalue weighted by Gasteiger charge is -2.17. The predicted octanol–water partition coefficient (Wildman–Crippen LogP) is 4.79. The van der Waals surface area contributed by atoms with Gasteiger partial charge in [-0.05, 0) is 50.3 Å². The van der Waals surface area contributed by atoms with E-state index in [-0.39, 0.29) is 5.82 Å². The number of nitriles is 1. The maximum Gasteiger partial charge on any atom is 0.123 e. The van der Waals surface area contributed by atoms with Crippen molar-refractivity contribution in [3.05, 3.63) is 35.6 Å². The number of nitrogens with two attached hydrogens (primary N) is 1. The molecule has 0 unspecified atom stereocenters. The van der Waals surface area contributed by atoms with Crippen molar-refractivity contribution >= 4 is 0 Å². The van der Waals surface area contributed by atoms with Crippen LogP contribution in [-0.2, 0) is 6.54 Å². The number of halogens is 1. The molecule has 2 rings (SSSR count). The van der Waals surface area contributed by atoms with E-state index in [0.29, 0.717) is 6.54 Å². The molecule has 0 saturated heterocycles. The third-order valence-electron chi connectivity index (χ3n) is 3.48. The van der Waals surface area contributed by atoms with Crippen LogP contribution in [0.3, 0.4) is 0 Å². The molecule has 0 aromatic heterocycles. The molecular formula is C19H27FN2. The highest BCUT2D eigenvalue weighted by Gasteiger charge is 2.11. The Morgan fingerprint density at radius 2 is 1.82 bits per heavy atom. The van der Waals surface area contributed by atoms with Crippen LogP contribution in [0, 0.1) is 34.9 Å². The molecule has 1 aliphatic rings. The average molecular weight is 302 g/mol. The summed E-state index contributed by atoms with van der Waals surface area (Å²) in [4.78, 5) is 0. The van der Waals surface area contributed by atoms with Gasteiger partial charge in [0.1, 0.15) is 5.82 Å². The van der Waals surface area contributed by atoms with Crippen molar-refractivity contribution in [2.24, 2.45) is 11.7 Å². The van der Waals surface area contributed by atoms with Gasteiger partial charge >= 0.3 is 0 Å². The molecule has 0 amide bonds. The summed E-state index contributed by atoms with van der Waals surface area (Å²) in [7, 11) is 0. The summed E-state index contributed by atoms with van der Waals surface area (Å²) in [6.45, 7) is 4.04. The molecule has 3 heteroatoms. The Labute approximate surface area is 134 Å².